The summed E-state index contributed by atoms with van der Waals surface area (Å²) < 4.78 is 2.10. The number of aliphatic hydroxyl groups excluding tert-OH is 1. The largest absolute Gasteiger partial charge is 0.507 e. The summed E-state index contributed by atoms with van der Waals surface area (Å²) in [5.41, 5.74) is 1.95. The molecule has 15 heavy (non-hydrogen) atoms. The first-order valence-electron chi connectivity index (χ1n) is 5.26. The van der Waals surface area contributed by atoms with E-state index in [-0.39, 0.29) is 6.10 Å². The van der Waals surface area contributed by atoms with Crippen molar-refractivity contribution >= 4 is 10.9 Å². The molecule has 0 radical (unpaired) electrons. The number of aromatic hydroxyl groups is 1. The number of rotatable bonds is 0. The maximum absolute atomic E-state index is 9.85. The van der Waals surface area contributed by atoms with Crippen LogP contribution in [0.1, 0.15) is 24.6 Å². The van der Waals surface area contributed by atoms with E-state index in [1.165, 1.54) is 0 Å². The van der Waals surface area contributed by atoms with Crippen molar-refractivity contribution in [3.8, 4) is 5.75 Å². The van der Waals surface area contributed by atoms with Crippen molar-refractivity contribution in [1.82, 2.24) is 4.57 Å². The van der Waals surface area contributed by atoms with E-state index < -0.39 is 0 Å². The normalized spacial score (nSPS) is 20.5. The van der Waals surface area contributed by atoms with Gasteiger partial charge in [-0.05, 0) is 31.0 Å². The van der Waals surface area contributed by atoms with Gasteiger partial charge in [0.05, 0.1) is 11.6 Å². The molecule has 3 rings (SSSR count). The predicted molar refractivity (Wildman–Crippen MR) is 57.8 cm³/mol. The monoisotopic (exact) mass is 203 g/mol. The van der Waals surface area contributed by atoms with Gasteiger partial charge in [0.1, 0.15) is 5.75 Å². The van der Waals surface area contributed by atoms with Crippen molar-refractivity contribution in [3.05, 3.63) is 30.0 Å². The molecular weight excluding hydrogens is 190 g/mol. The number of aryl methyl sites for hydroxylation is 1. The molecule has 0 fully saturated rings. The number of aliphatic hydroxyl groups is 1. The Balaban J connectivity index is 2.35. The SMILES string of the molecule is Oc1cccc2c1cc1n2CCCC1O. The van der Waals surface area contributed by atoms with Crippen LogP contribution < -0.4 is 0 Å². The highest BCUT2D eigenvalue weighted by molar-refractivity contribution is 5.87. The molecule has 0 saturated carbocycles. The van der Waals surface area contributed by atoms with Crippen molar-refractivity contribution in [2.75, 3.05) is 0 Å². The molecular formula is C12H13NO2. The molecule has 3 nitrogen and oxygen atoms in total. The Labute approximate surface area is 87.6 Å². The standard InChI is InChI=1S/C12H13NO2/c14-11-4-1-3-9-8(11)7-10-12(15)5-2-6-13(9)10/h1,3-4,7,12,14-15H,2,5-6H2. The first-order chi connectivity index (χ1) is 7.27. The van der Waals surface area contributed by atoms with Crippen molar-refractivity contribution < 1.29 is 10.2 Å². The van der Waals surface area contributed by atoms with E-state index >= 15 is 0 Å². The molecule has 1 unspecified atom stereocenters. The minimum atomic E-state index is -0.384. The minimum absolute atomic E-state index is 0.293. The van der Waals surface area contributed by atoms with E-state index in [4.69, 9.17) is 0 Å². The van der Waals surface area contributed by atoms with Gasteiger partial charge >= 0.3 is 0 Å². The van der Waals surface area contributed by atoms with Crippen molar-refractivity contribution in [2.24, 2.45) is 0 Å². The van der Waals surface area contributed by atoms with Gasteiger partial charge in [0.15, 0.2) is 0 Å². The molecule has 1 aliphatic rings. The number of benzene rings is 1. The maximum atomic E-state index is 9.85. The van der Waals surface area contributed by atoms with Crippen molar-refractivity contribution in [1.29, 1.82) is 0 Å². The van der Waals surface area contributed by atoms with Gasteiger partial charge in [0.2, 0.25) is 0 Å². The van der Waals surface area contributed by atoms with Gasteiger partial charge in [0.25, 0.3) is 0 Å². The third kappa shape index (κ3) is 1.16. The average Bonchev–Trinajstić information content (AvgIpc) is 2.60. The number of hydrogen-bond donors (Lipinski definition) is 2. The third-order valence-corrected chi connectivity index (χ3v) is 3.16. The van der Waals surface area contributed by atoms with Gasteiger partial charge in [-0.25, -0.2) is 0 Å². The zero-order chi connectivity index (χ0) is 10.4. The zero-order valence-electron chi connectivity index (χ0n) is 8.35. The maximum Gasteiger partial charge on any atom is 0.124 e. The summed E-state index contributed by atoms with van der Waals surface area (Å²) in [6.45, 7) is 0.930. The van der Waals surface area contributed by atoms with E-state index in [9.17, 15) is 10.2 Å². The molecule has 0 aliphatic carbocycles. The Morgan fingerprint density at radius 3 is 3.07 bits per heavy atom. The fourth-order valence-corrected chi connectivity index (χ4v) is 2.41. The molecule has 0 amide bonds. The first-order valence-corrected chi connectivity index (χ1v) is 5.26. The number of aromatic nitrogens is 1. The molecule has 1 aliphatic heterocycles. The third-order valence-electron chi connectivity index (χ3n) is 3.16. The van der Waals surface area contributed by atoms with Gasteiger partial charge in [-0.2, -0.15) is 0 Å². The van der Waals surface area contributed by atoms with Crippen LogP contribution in [0, 0.1) is 0 Å². The summed E-state index contributed by atoms with van der Waals surface area (Å²) in [7, 11) is 0. The van der Waals surface area contributed by atoms with Crippen LogP contribution in [0.3, 0.4) is 0 Å². The second-order valence-corrected chi connectivity index (χ2v) is 4.09. The molecule has 1 aromatic carbocycles. The minimum Gasteiger partial charge on any atom is -0.507 e. The Morgan fingerprint density at radius 2 is 2.20 bits per heavy atom. The van der Waals surface area contributed by atoms with Crippen LogP contribution in [0.2, 0.25) is 0 Å². The lowest BCUT2D eigenvalue weighted by molar-refractivity contribution is 0.140. The Morgan fingerprint density at radius 1 is 1.33 bits per heavy atom. The fraction of sp³-hybridized carbons (Fsp3) is 0.333. The summed E-state index contributed by atoms with van der Waals surface area (Å²) in [6.07, 6.45) is 1.43. The summed E-state index contributed by atoms with van der Waals surface area (Å²) in [6, 6.07) is 7.40. The second kappa shape index (κ2) is 3.00. The quantitative estimate of drug-likeness (QED) is 0.689. The number of fused-ring (bicyclic) bond motifs is 3. The zero-order valence-corrected chi connectivity index (χ0v) is 8.35. The van der Waals surface area contributed by atoms with Gasteiger partial charge in [0, 0.05) is 17.6 Å². The summed E-state index contributed by atoms with van der Waals surface area (Å²) in [4.78, 5) is 0. The molecule has 0 bridgehead atoms. The summed E-state index contributed by atoms with van der Waals surface area (Å²) >= 11 is 0. The van der Waals surface area contributed by atoms with Gasteiger partial charge in [-0.1, -0.05) is 6.07 Å². The Hall–Kier alpha value is -1.48. The van der Waals surface area contributed by atoms with Crippen LogP contribution in [0.25, 0.3) is 10.9 Å². The molecule has 2 heterocycles. The number of hydrogen-bond acceptors (Lipinski definition) is 2. The molecule has 78 valence electrons. The van der Waals surface area contributed by atoms with Gasteiger partial charge in [-0.3, -0.25) is 0 Å². The number of phenols is 1. The van der Waals surface area contributed by atoms with Crippen LogP contribution in [0.4, 0.5) is 0 Å². The van der Waals surface area contributed by atoms with Crippen LogP contribution in [-0.2, 0) is 6.54 Å². The van der Waals surface area contributed by atoms with Crippen molar-refractivity contribution in [3.63, 3.8) is 0 Å². The Kier molecular flexibility index (Phi) is 1.76. The molecule has 1 atom stereocenters. The predicted octanol–water partition coefficient (Wildman–Crippen LogP) is 2.17. The van der Waals surface area contributed by atoms with E-state index in [2.05, 4.69) is 4.57 Å². The average molecular weight is 203 g/mol. The molecule has 2 aromatic rings. The first kappa shape index (κ1) is 8.80. The van der Waals surface area contributed by atoms with Crippen molar-refractivity contribution in [2.45, 2.75) is 25.5 Å². The van der Waals surface area contributed by atoms with E-state index in [0.29, 0.717) is 5.75 Å². The molecule has 0 saturated heterocycles. The van der Waals surface area contributed by atoms with Crippen LogP contribution in [0.5, 0.6) is 5.75 Å². The highest BCUT2D eigenvalue weighted by Crippen LogP contribution is 2.34. The molecule has 3 heteroatoms. The van der Waals surface area contributed by atoms with E-state index in [0.717, 1.165) is 36.0 Å². The van der Waals surface area contributed by atoms with E-state index in [1.54, 1.807) is 6.07 Å². The summed E-state index contributed by atoms with van der Waals surface area (Å²) in [5, 5.41) is 20.4. The highest BCUT2D eigenvalue weighted by Gasteiger charge is 2.21. The van der Waals surface area contributed by atoms with E-state index in [1.807, 2.05) is 18.2 Å². The number of nitrogens with zero attached hydrogens (tertiary/aromatic N) is 1. The smallest absolute Gasteiger partial charge is 0.124 e. The fourth-order valence-electron chi connectivity index (χ4n) is 2.41. The lowest BCUT2D eigenvalue weighted by Gasteiger charge is -2.20. The second-order valence-electron chi connectivity index (χ2n) is 4.09. The number of phenolic OH excluding ortho intramolecular Hbond substituents is 1. The topological polar surface area (TPSA) is 45.4 Å². The van der Waals surface area contributed by atoms with Crippen LogP contribution in [0.15, 0.2) is 24.3 Å². The van der Waals surface area contributed by atoms with Gasteiger partial charge < -0.3 is 14.8 Å². The molecule has 0 spiro atoms. The lowest BCUT2D eigenvalue weighted by atomic mass is 10.1. The lowest BCUT2D eigenvalue weighted by Crippen LogP contribution is -2.14. The van der Waals surface area contributed by atoms with Crippen LogP contribution in [-0.4, -0.2) is 14.8 Å². The molecule has 1 aromatic heterocycles. The Bertz CT molecular complexity index is 516. The molecule has 2 N–H and O–H groups in total. The summed E-state index contributed by atoms with van der Waals surface area (Å²) in [5.74, 6) is 0.293. The van der Waals surface area contributed by atoms with Crippen LogP contribution >= 0.6 is 0 Å². The van der Waals surface area contributed by atoms with Gasteiger partial charge in [-0.15, -0.1) is 0 Å². The highest BCUT2D eigenvalue weighted by atomic mass is 16.3.